The van der Waals surface area contributed by atoms with Gasteiger partial charge in [0.2, 0.25) is 11.8 Å². The van der Waals surface area contributed by atoms with Crippen LogP contribution in [0.5, 0.6) is 0 Å². The average molecular weight is 364 g/mol. The van der Waals surface area contributed by atoms with Crippen LogP contribution in [-0.4, -0.2) is 54.0 Å². The van der Waals surface area contributed by atoms with E-state index in [-0.39, 0.29) is 17.9 Å². The van der Waals surface area contributed by atoms with E-state index < -0.39 is 5.41 Å². The minimum absolute atomic E-state index is 0.00263. The van der Waals surface area contributed by atoms with Gasteiger partial charge in [-0.25, -0.2) is 4.98 Å². The number of ether oxygens (including phenoxy) is 1. The fourth-order valence-corrected chi connectivity index (χ4v) is 4.44. The number of carbonyl (C=O) groups excluding carboxylic acids is 2. The number of piperidine rings is 1. The fraction of sp³-hybridized carbons (Fsp3) is 0.611. The van der Waals surface area contributed by atoms with Crippen molar-refractivity contribution < 1.29 is 14.3 Å². The summed E-state index contributed by atoms with van der Waals surface area (Å²) in [6.45, 7) is 2.63. The van der Waals surface area contributed by atoms with Crippen molar-refractivity contribution in [1.82, 2.24) is 9.88 Å². The fourth-order valence-electron chi connectivity index (χ4n) is 4.33. The van der Waals surface area contributed by atoms with Gasteiger partial charge in [-0.05, 0) is 37.8 Å². The second-order valence-electron chi connectivity index (χ2n) is 7.23. The summed E-state index contributed by atoms with van der Waals surface area (Å²) in [7, 11) is 0. The van der Waals surface area contributed by atoms with Crippen LogP contribution in [0.2, 0.25) is 5.02 Å². The normalized spacial score (nSPS) is 28.2. The molecule has 3 fully saturated rings. The van der Waals surface area contributed by atoms with Gasteiger partial charge >= 0.3 is 0 Å². The lowest BCUT2D eigenvalue weighted by molar-refractivity contribution is -0.146. The lowest BCUT2D eigenvalue weighted by Crippen LogP contribution is -2.50. The second kappa shape index (κ2) is 6.57. The Balaban J connectivity index is 1.55. The van der Waals surface area contributed by atoms with Gasteiger partial charge in [0.15, 0.2) is 0 Å². The first-order chi connectivity index (χ1) is 12.1. The molecule has 3 aliphatic heterocycles. The van der Waals surface area contributed by atoms with E-state index in [2.05, 4.69) is 9.88 Å². The number of halogens is 1. The molecule has 134 valence electrons. The van der Waals surface area contributed by atoms with Crippen LogP contribution < -0.4 is 4.90 Å². The maximum Gasteiger partial charge on any atom is 0.237 e. The molecule has 7 heteroatoms. The monoisotopic (exact) mass is 363 g/mol. The average Bonchev–Trinajstić information content (AvgIpc) is 2.86. The first kappa shape index (κ1) is 16.8. The van der Waals surface area contributed by atoms with Gasteiger partial charge in [-0.15, -0.1) is 0 Å². The Morgan fingerprint density at radius 2 is 2.04 bits per heavy atom. The number of hydrogen-bond acceptors (Lipinski definition) is 5. The third kappa shape index (κ3) is 3.02. The molecule has 0 N–H and O–H groups in total. The van der Waals surface area contributed by atoms with Gasteiger partial charge in [0.05, 0.1) is 10.4 Å². The number of nitrogens with zero attached hydrogens (tertiary/aromatic N) is 3. The highest BCUT2D eigenvalue weighted by molar-refractivity contribution is 6.30. The Bertz CT molecular complexity index is 675. The molecule has 2 amide bonds. The molecule has 1 atom stereocenters. The lowest BCUT2D eigenvalue weighted by Gasteiger charge is -2.40. The summed E-state index contributed by atoms with van der Waals surface area (Å²) in [5, 5.41) is 0.591. The summed E-state index contributed by atoms with van der Waals surface area (Å²) < 4.78 is 5.37. The Hall–Kier alpha value is -1.66. The summed E-state index contributed by atoms with van der Waals surface area (Å²) in [6.07, 6.45) is 5.07. The highest BCUT2D eigenvalue weighted by Crippen LogP contribution is 2.43. The number of likely N-dealkylation sites (tertiary alicyclic amines) is 1. The molecule has 0 aromatic carbocycles. The largest absolute Gasteiger partial charge is 0.381 e. The van der Waals surface area contributed by atoms with Crippen LogP contribution in [0.15, 0.2) is 18.3 Å². The lowest BCUT2D eigenvalue weighted by atomic mass is 9.78. The Kier molecular flexibility index (Phi) is 4.41. The van der Waals surface area contributed by atoms with Crippen molar-refractivity contribution in [3.63, 3.8) is 0 Å². The van der Waals surface area contributed by atoms with Gasteiger partial charge in [-0.2, -0.15) is 0 Å². The zero-order chi connectivity index (χ0) is 17.4. The summed E-state index contributed by atoms with van der Waals surface area (Å²) >= 11 is 5.92. The predicted octanol–water partition coefficient (Wildman–Crippen LogP) is 2.26. The standard InChI is InChI=1S/C18H22ClN3O3/c19-13-2-3-15(20-11-13)21-7-1-6-18(12-21)10-16(23)22(17(18)24)14-4-8-25-9-5-14/h2-3,11,14H,1,4-10,12H2/t18-/m0/s1. The Morgan fingerprint density at radius 1 is 1.24 bits per heavy atom. The summed E-state index contributed by atoms with van der Waals surface area (Å²) in [6, 6.07) is 3.68. The predicted molar refractivity (Wildman–Crippen MR) is 93.4 cm³/mol. The summed E-state index contributed by atoms with van der Waals surface area (Å²) in [4.78, 5) is 33.9. The molecule has 4 heterocycles. The van der Waals surface area contributed by atoms with Gasteiger partial charge in [-0.1, -0.05) is 11.6 Å². The van der Waals surface area contributed by atoms with Gasteiger partial charge in [-0.3, -0.25) is 14.5 Å². The van der Waals surface area contributed by atoms with Crippen molar-refractivity contribution in [1.29, 1.82) is 0 Å². The summed E-state index contributed by atoms with van der Waals surface area (Å²) in [5.74, 6) is 0.791. The topological polar surface area (TPSA) is 62.7 Å². The van der Waals surface area contributed by atoms with Crippen molar-refractivity contribution >= 4 is 29.2 Å². The Morgan fingerprint density at radius 3 is 2.76 bits per heavy atom. The molecule has 1 aromatic rings. The number of amides is 2. The van der Waals surface area contributed by atoms with Crippen molar-refractivity contribution in [2.45, 2.75) is 38.1 Å². The molecule has 3 saturated heterocycles. The molecule has 6 nitrogen and oxygen atoms in total. The number of hydrogen-bond donors (Lipinski definition) is 0. The quantitative estimate of drug-likeness (QED) is 0.754. The highest BCUT2D eigenvalue weighted by atomic mass is 35.5. The molecular formula is C18H22ClN3O3. The molecule has 0 radical (unpaired) electrons. The number of aromatic nitrogens is 1. The van der Waals surface area contributed by atoms with Crippen molar-refractivity contribution in [3.8, 4) is 0 Å². The van der Waals surface area contributed by atoms with Gasteiger partial charge in [0.25, 0.3) is 0 Å². The van der Waals surface area contributed by atoms with Crippen molar-refractivity contribution in [3.05, 3.63) is 23.4 Å². The SMILES string of the molecule is O=C1C[C@]2(CCCN(c3ccc(Cl)cn3)C2)C(=O)N1C1CCOCC1. The maximum atomic E-state index is 13.2. The van der Waals surface area contributed by atoms with Crippen LogP contribution in [-0.2, 0) is 14.3 Å². The van der Waals surface area contributed by atoms with E-state index in [9.17, 15) is 9.59 Å². The smallest absolute Gasteiger partial charge is 0.237 e. The van der Waals surface area contributed by atoms with Crippen LogP contribution in [0, 0.1) is 5.41 Å². The maximum absolute atomic E-state index is 13.2. The van der Waals surface area contributed by atoms with E-state index in [1.807, 2.05) is 6.07 Å². The third-order valence-corrected chi connectivity index (χ3v) is 5.82. The van der Waals surface area contributed by atoms with E-state index in [0.29, 0.717) is 31.2 Å². The van der Waals surface area contributed by atoms with E-state index in [4.69, 9.17) is 16.3 Å². The number of carbonyl (C=O) groups is 2. The van der Waals surface area contributed by atoms with Gasteiger partial charge in [0.1, 0.15) is 5.82 Å². The minimum Gasteiger partial charge on any atom is -0.381 e. The van der Waals surface area contributed by atoms with E-state index >= 15 is 0 Å². The first-order valence-corrected chi connectivity index (χ1v) is 9.28. The zero-order valence-electron chi connectivity index (χ0n) is 14.1. The van der Waals surface area contributed by atoms with Crippen LogP contribution >= 0.6 is 11.6 Å². The second-order valence-corrected chi connectivity index (χ2v) is 7.67. The number of imide groups is 1. The molecule has 0 aliphatic carbocycles. The molecule has 0 unspecified atom stereocenters. The minimum atomic E-state index is -0.602. The molecule has 25 heavy (non-hydrogen) atoms. The van der Waals surface area contributed by atoms with Crippen LogP contribution in [0.3, 0.4) is 0 Å². The number of rotatable bonds is 2. The van der Waals surface area contributed by atoms with Gasteiger partial charge < -0.3 is 9.64 Å². The van der Waals surface area contributed by atoms with E-state index in [0.717, 1.165) is 38.0 Å². The molecule has 0 saturated carbocycles. The van der Waals surface area contributed by atoms with Gasteiger partial charge in [0, 0.05) is 45.0 Å². The molecule has 3 aliphatic rings. The zero-order valence-corrected chi connectivity index (χ0v) is 14.9. The van der Waals surface area contributed by atoms with Crippen LogP contribution in [0.25, 0.3) is 0 Å². The van der Waals surface area contributed by atoms with Crippen LogP contribution in [0.1, 0.15) is 32.1 Å². The number of pyridine rings is 1. The van der Waals surface area contributed by atoms with E-state index in [1.54, 1.807) is 17.2 Å². The van der Waals surface area contributed by atoms with Crippen LogP contribution in [0.4, 0.5) is 5.82 Å². The third-order valence-electron chi connectivity index (χ3n) is 5.60. The molecule has 1 spiro atoms. The molecule has 1 aromatic heterocycles. The first-order valence-electron chi connectivity index (χ1n) is 8.90. The van der Waals surface area contributed by atoms with Crippen molar-refractivity contribution in [2.75, 3.05) is 31.2 Å². The molecular weight excluding hydrogens is 342 g/mol. The molecule has 0 bridgehead atoms. The summed E-state index contributed by atoms with van der Waals surface area (Å²) in [5.41, 5.74) is -0.602. The Labute approximate surface area is 152 Å². The number of anilines is 1. The molecule has 4 rings (SSSR count). The highest BCUT2D eigenvalue weighted by Gasteiger charge is 2.55. The van der Waals surface area contributed by atoms with Crippen molar-refractivity contribution in [2.24, 2.45) is 5.41 Å². The van der Waals surface area contributed by atoms with E-state index in [1.165, 1.54) is 0 Å².